The minimum Gasteiger partial charge on any atom is -0.371 e. The van der Waals surface area contributed by atoms with Crippen molar-refractivity contribution in [3.63, 3.8) is 0 Å². The molecule has 0 aliphatic carbocycles. The zero-order valence-corrected chi connectivity index (χ0v) is 11.5. The van der Waals surface area contributed by atoms with Crippen molar-refractivity contribution in [3.05, 3.63) is 34.3 Å². The number of halogens is 1. The molecule has 0 atom stereocenters. The zero-order chi connectivity index (χ0) is 12.1. The van der Waals surface area contributed by atoms with Crippen molar-refractivity contribution < 1.29 is 9.84 Å². The Morgan fingerprint density at radius 3 is 2.00 bits per heavy atom. The summed E-state index contributed by atoms with van der Waals surface area (Å²) in [7, 11) is 1.43. The maximum atomic E-state index is 7.65. The minimum absolute atomic E-state index is 0.181. The van der Waals surface area contributed by atoms with Crippen LogP contribution in [0.1, 0.15) is 26.3 Å². The molecule has 0 spiro atoms. The van der Waals surface area contributed by atoms with Crippen molar-refractivity contribution in [2.24, 2.45) is 0 Å². The van der Waals surface area contributed by atoms with Crippen LogP contribution >= 0.6 is 15.9 Å². The summed E-state index contributed by atoms with van der Waals surface area (Å²) in [5.74, 6) is 0. The summed E-state index contributed by atoms with van der Waals surface area (Å²) in [4.78, 5) is 0. The number of rotatable bonds is 2. The van der Waals surface area contributed by atoms with Gasteiger partial charge in [0.05, 0.1) is 0 Å². The van der Waals surface area contributed by atoms with Crippen LogP contribution in [0.2, 0.25) is 0 Å². The number of ether oxygens (including phenoxy) is 1. The molecular formula is C12H21BrO2. The first-order chi connectivity index (χ1) is 7.26. The summed E-state index contributed by atoms with van der Waals surface area (Å²) < 4.78 is 5.31. The van der Waals surface area contributed by atoms with Gasteiger partial charge in [-0.3, -0.25) is 0 Å². The molecule has 3 heteroatoms. The number of methoxy groups -OCH3 is 1. The highest BCUT2D eigenvalue weighted by atomic mass is 79.9. The lowest BCUT2D eigenvalue weighted by Crippen LogP contribution is -1.79. The maximum absolute atomic E-state index is 7.65. The van der Waals surface area contributed by atoms with Gasteiger partial charge in [-0.25, -0.2) is 0 Å². The van der Waals surface area contributed by atoms with E-state index >= 15 is 0 Å². The van der Waals surface area contributed by atoms with Crippen molar-refractivity contribution in [3.8, 4) is 0 Å². The monoisotopic (exact) mass is 276 g/mol. The van der Waals surface area contributed by atoms with Gasteiger partial charge in [0, 0.05) is 11.6 Å². The molecule has 0 unspecified atom stereocenters. The third kappa shape index (κ3) is 9.91. The number of benzene rings is 1. The average Bonchev–Trinajstić information content (AvgIpc) is 2.33. The summed E-state index contributed by atoms with van der Waals surface area (Å²) in [6.07, 6.45) is 1.10. The molecular weight excluding hydrogens is 256 g/mol. The lowest BCUT2D eigenvalue weighted by atomic mass is 10.2. The minimum atomic E-state index is -0.181. The Labute approximate surface area is 101 Å². The van der Waals surface area contributed by atoms with Gasteiger partial charge in [-0.05, 0) is 18.1 Å². The Morgan fingerprint density at radius 1 is 1.27 bits per heavy atom. The predicted molar refractivity (Wildman–Crippen MR) is 69.0 cm³/mol. The maximum Gasteiger partial charge on any atom is 0.143 e. The molecule has 88 valence electrons. The molecule has 1 N–H and O–H groups in total. The first kappa shape index (κ1) is 17.0. The van der Waals surface area contributed by atoms with E-state index in [9.17, 15) is 0 Å². The Morgan fingerprint density at radius 2 is 1.73 bits per heavy atom. The fourth-order valence-corrected chi connectivity index (χ4v) is 1.35. The van der Waals surface area contributed by atoms with Crippen molar-refractivity contribution in [1.29, 1.82) is 0 Å². The summed E-state index contributed by atoms with van der Waals surface area (Å²) in [6.45, 7) is 5.97. The molecule has 0 heterocycles. The highest BCUT2D eigenvalue weighted by molar-refractivity contribution is 9.10. The second kappa shape index (κ2) is 13.6. The van der Waals surface area contributed by atoms with Crippen LogP contribution in [0.5, 0.6) is 0 Å². The van der Waals surface area contributed by atoms with Gasteiger partial charge in [-0.15, -0.1) is 0 Å². The third-order valence-electron chi connectivity index (χ3n) is 1.47. The molecule has 1 aromatic carbocycles. The second-order valence-corrected chi connectivity index (χ2v) is 3.22. The summed E-state index contributed by atoms with van der Waals surface area (Å²) in [6, 6.07) is 8.29. The van der Waals surface area contributed by atoms with E-state index in [1.807, 2.05) is 19.9 Å². The molecule has 0 radical (unpaired) electrons. The fourth-order valence-electron chi connectivity index (χ4n) is 0.785. The van der Waals surface area contributed by atoms with Gasteiger partial charge in [0.15, 0.2) is 0 Å². The van der Waals surface area contributed by atoms with Gasteiger partial charge in [-0.2, -0.15) is 0 Å². The van der Waals surface area contributed by atoms with Crippen LogP contribution in [0.15, 0.2) is 28.7 Å². The van der Waals surface area contributed by atoms with Gasteiger partial charge in [-0.1, -0.05) is 54.9 Å². The molecule has 0 aliphatic heterocycles. The number of aliphatic hydroxyl groups excluding tert-OH is 1. The predicted octanol–water partition coefficient (Wildman–Crippen LogP) is 3.62. The smallest absolute Gasteiger partial charge is 0.143 e. The van der Waals surface area contributed by atoms with Crippen molar-refractivity contribution in [1.82, 2.24) is 0 Å². The summed E-state index contributed by atoms with van der Waals surface area (Å²) in [5, 5.41) is 7.65. The molecule has 0 aliphatic rings. The topological polar surface area (TPSA) is 29.5 Å². The normalized spacial score (nSPS) is 8.13. The number of aryl methyl sites for hydroxylation is 1. The van der Waals surface area contributed by atoms with Gasteiger partial charge in [0.1, 0.15) is 6.79 Å². The molecule has 1 aromatic rings. The van der Waals surface area contributed by atoms with E-state index in [1.54, 1.807) is 0 Å². The first-order valence-corrected chi connectivity index (χ1v) is 5.88. The Kier molecular flexibility index (Phi) is 15.5. The van der Waals surface area contributed by atoms with E-state index in [0.717, 1.165) is 6.42 Å². The van der Waals surface area contributed by atoms with Crippen LogP contribution in [-0.4, -0.2) is 19.0 Å². The SMILES string of the molecule is CC.CCc1ccccc1Br.COCO. The third-order valence-corrected chi connectivity index (χ3v) is 2.24. The number of hydrogen-bond donors (Lipinski definition) is 1. The molecule has 0 bridgehead atoms. The largest absolute Gasteiger partial charge is 0.371 e. The molecule has 0 saturated carbocycles. The lowest BCUT2D eigenvalue weighted by Gasteiger charge is -1.96. The summed E-state index contributed by atoms with van der Waals surface area (Å²) >= 11 is 3.46. The average molecular weight is 277 g/mol. The van der Waals surface area contributed by atoms with Crippen LogP contribution in [0.3, 0.4) is 0 Å². The van der Waals surface area contributed by atoms with Crippen LogP contribution < -0.4 is 0 Å². The van der Waals surface area contributed by atoms with E-state index in [-0.39, 0.29) is 6.79 Å². The standard InChI is InChI=1S/C8H9Br.C2H6O2.C2H6/c1-2-7-5-3-4-6-8(7)9;1-4-2-3;1-2/h3-6H,2H2,1H3;3H,2H2,1H3;1-2H3. The highest BCUT2D eigenvalue weighted by Crippen LogP contribution is 2.15. The van der Waals surface area contributed by atoms with E-state index in [2.05, 4.69) is 45.8 Å². The van der Waals surface area contributed by atoms with Gasteiger partial charge in [0.2, 0.25) is 0 Å². The number of aliphatic hydroxyl groups is 1. The molecule has 0 saturated heterocycles. The molecule has 2 nitrogen and oxygen atoms in total. The zero-order valence-electron chi connectivity index (χ0n) is 9.96. The van der Waals surface area contributed by atoms with Crippen LogP contribution in [0.25, 0.3) is 0 Å². The first-order valence-electron chi connectivity index (χ1n) is 5.09. The Hall–Kier alpha value is -0.380. The van der Waals surface area contributed by atoms with Gasteiger partial charge in [0.25, 0.3) is 0 Å². The molecule has 15 heavy (non-hydrogen) atoms. The number of hydrogen-bond acceptors (Lipinski definition) is 2. The highest BCUT2D eigenvalue weighted by Gasteiger charge is 1.91. The molecule has 1 rings (SSSR count). The van der Waals surface area contributed by atoms with Crippen molar-refractivity contribution in [2.45, 2.75) is 27.2 Å². The van der Waals surface area contributed by atoms with E-state index < -0.39 is 0 Å². The van der Waals surface area contributed by atoms with Crippen LogP contribution in [-0.2, 0) is 11.2 Å². The lowest BCUT2D eigenvalue weighted by molar-refractivity contribution is 0.0325. The van der Waals surface area contributed by atoms with Crippen molar-refractivity contribution >= 4 is 15.9 Å². The summed E-state index contributed by atoms with van der Waals surface area (Å²) in [5.41, 5.74) is 1.37. The van der Waals surface area contributed by atoms with Gasteiger partial charge < -0.3 is 9.84 Å². The Balaban J connectivity index is 0. The second-order valence-electron chi connectivity index (χ2n) is 2.36. The molecule has 0 aromatic heterocycles. The van der Waals surface area contributed by atoms with Crippen molar-refractivity contribution in [2.75, 3.05) is 13.9 Å². The Bertz CT molecular complexity index is 225. The van der Waals surface area contributed by atoms with Crippen LogP contribution in [0, 0.1) is 0 Å². The fraction of sp³-hybridized carbons (Fsp3) is 0.500. The van der Waals surface area contributed by atoms with Gasteiger partial charge >= 0.3 is 0 Å². The van der Waals surface area contributed by atoms with Crippen LogP contribution in [0.4, 0.5) is 0 Å². The molecule has 0 amide bonds. The van der Waals surface area contributed by atoms with E-state index in [1.165, 1.54) is 17.1 Å². The quantitative estimate of drug-likeness (QED) is 0.837. The molecule has 0 fully saturated rings. The van der Waals surface area contributed by atoms with E-state index in [0.29, 0.717) is 0 Å². The van der Waals surface area contributed by atoms with E-state index in [4.69, 9.17) is 5.11 Å².